The molecule has 0 radical (unpaired) electrons. The third kappa shape index (κ3) is 7.42. The van der Waals surface area contributed by atoms with Gasteiger partial charge in [-0.05, 0) is 23.8 Å². The van der Waals surface area contributed by atoms with E-state index >= 15 is 0 Å². The second kappa shape index (κ2) is 11.9. The van der Waals surface area contributed by atoms with Crippen LogP contribution in [0, 0.1) is 0 Å². The fourth-order valence-corrected chi connectivity index (χ4v) is 3.39. The Morgan fingerprint density at radius 1 is 0.630 bits per heavy atom. The molecule has 0 atom stereocenters. The molecule has 0 aliphatic carbocycles. The van der Waals surface area contributed by atoms with Gasteiger partial charge in [-0.25, -0.2) is 0 Å². The van der Waals surface area contributed by atoms with Crippen LogP contribution in [0.3, 0.4) is 0 Å². The lowest BCUT2D eigenvalue weighted by Crippen LogP contribution is -2.13. The van der Waals surface area contributed by atoms with Gasteiger partial charge in [-0.15, -0.1) is 11.8 Å². The lowest BCUT2D eigenvalue weighted by atomic mass is 10.2. The van der Waals surface area contributed by atoms with E-state index in [0.29, 0.717) is 52.9 Å². The van der Waals surface area contributed by atoms with E-state index < -0.39 is 0 Å². The lowest BCUT2D eigenvalue weighted by Gasteiger charge is -2.14. The van der Waals surface area contributed by atoms with Crippen LogP contribution in [-0.2, 0) is 20.0 Å². The largest absolute Gasteiger partial charge is 0.487 e. The smallest absolute Gasteiger partial charge is 0.162 e. The molecular weight excluding hydrogens is 364 g/mol. The number of fused-ring (bicyclic) bond motifs is 1. The first kappa shape index (κ1) is 20.0. The maximum atomic E-state index is 5.91. The van der Waals surface area contributed by atoms with E-state index in [-0.39, 0.29) is 0 Å². The summed E-state index contributed by atoms with van der Waals surface area (Å²) in [6.07, 6.45) is 0. The van der Waals surface area contributed by atoms with E-state index in [2.05, 4.69) is 30.3 Å². The van der Waals surface area contributed by atoms with Gasteiger partial charge < -0.3 is 23.7 Å². The second-order valence-corrected chi connectivity index (χ2v) is 6.97. The number of hydrogen-bond donors (Lipinski definition) is 0. The summed E-state index contributed by atoms with van der Waals surface area (Å²) in [6.45, 7) is 4.23. The summed E-state index contributed by atoms with van der Waals surface area (Å²) in [6, 6.07) is 16.5. The van der Waals surface area contributed by atoms with Crippen LogP contribution in [0.5, 0.6) is 11.5 Å². The van der Waals surface area contributed by atoms with Gasteiger partial charge in [0.1, 0.15) is 13.2 Å². The molecule has 0 N–H and O–H groups in total. The van der Waals surface area contributed by atoms with Crippen LogP contribution in [-0.4, -0.2) is 52.9 Å². The van der Waals surface area contributed by atoms with Gasteiger partial charge in [0.2, 0.25) is 0 Å². The van der Waals surface area contributed by atoms with E-state index in [9.17, 15) is 0 Å². The van der Waals surface area contributed by atoms with Crippen LogP contribution in [0.15, 0.2) is 53.4 Å². The highest BCUT2D eigenvalue weighted by Gasteiger charge is 2.09. The minimum absolute atomic E-state index is 0.472. The fourth-order valence-electron chi connectivity index (χ4n) is 2.51. The zero-order valence-corrected chi connectivity index (χ0v) is 16.2. The van der Waals surface area contributed by atoms with E-state index in [4.69, 9.17) is 23.7 Å². The van der Waals surface area contributed by atoms with Crippen molar-refractivity contribution in [2.45, 2.75) is 10.6 Å². The lowest BCUT2D eigenvalue weighted by molar-refractivity contribution is 0.00708. The van der Waals surface area contributed by atoms with Gasteiger partial charge in [-0.2, -0.15) is 0 Å². The topological polar surface area (TPSA) is 46.2 Å². The quantitative estimate of drug-likeness (QED) is 0.743. The van der Waals surface area contributed by atoms with Crippen molar-refractivity contribution in [2.75, 3.05) is 52.9 Å². The van der Waals surface area contributed by atoms with E-state index in [0.717, 1.165) is 22.1 Å². The van der Waals surface area contributed by atoms with Crippen molar-refractivity contribution in [3.05, 3.63) is 54.1 Å². The second-order valence-electron chi connectivity index (χ2n) is 5.92. The summed E-state index contributed by atoms with van der Waals surface area (Å²) in [5.74, 6) is 2.38. The van der Waals surface area contributed by atoms with Crippen LogP contribution >= 0.6 is 11.8 Å². The SMILES string of the molecule is c1ccc(CSc2ccc3c(c2)OCCOCCOCCOCCO3)cc1. The molecule has 0 unspecified atom stereocenters. The number of ether oxygens (including phenoxy) is 5. The predicted octanol–water partition coefficient (Wildman–Crippen LogP) is 3.80. The number of hydrogen-bond acceptors (Lipinski definition) is 6. The van der Waals surface area contributed by atoms with Gasteiger partial charge in [0.15, 0.2) is 11.5 Å². The third-order valence-electron chi connectivity index (χ3n) is 3.88. The van der Waals surface area contributed by atoms with Crippen LogP contribution in [0.25, 0.3) is 0 Å². The minimum atomic E-state index is 0.472. The molecule has 3 rings (SSSR count). The maximum absolute atomic E-state index is 5.91. The maximum Gasteiger partial charge on any atom is 0.162 e. The summed E-state index contributed by atoms with van der Waals surface area (Å²) < 4.78 is 28.2. The van der Waals surface area contributed by atoms with Crippen molar-refractivity contribution < 1.29 is 23.7 Å². The van der Waals surface area contributed by atoms with Gasteiger partial charge in [0, 0.05) is 10.6 Å². The summed E-state index contributed by atoms with van der Waals surface area (Å²) in [7, 11) is 0. The van der Waals surface area contributed by atoms with Crippen molar-refractivity contribution in [1.29, 1.82) is 0 Å². The van der Waals surface area contributed by atoms with Gasteiger partial charge in [0.25, 0.3) is 0 Å². The zero-order chi connectivity index (χ0) is 18.6. The van der Waals surface area contributed by atoms with Crippen molar-refractivity contribution >= 4 is 11.8 Å². The molecule has 0 fully saturated rings. The van der Waals surface area contributed by atoms with Crippen LogP contribution in [0.2, 0.25) is 0 Å². The highest BCUT2D eigenvalue weighted by atomic mass is 32.2. The molecule has 1 aliphatic rings. The Morgan fingerprint density at radius 3 is 1.89 bits per heavy atom. The normalized spacial score (nSPS) is 16.9. The summed E-state index contributed by atoms with van der Waals surface area (Å²) >= 11 is 1.78. The van der Waals surface area contributed by atoms with E-state index in [1.54, 1.807) is 11.8 Å². The number of thioether (sulfide) groups is 1. The molecule has 2 aromatic carbocycles. The Labute approximate surface area is 164 Å². The third-order valence-corrected chi connectivity index (χ3v) is 4.94. The Morgan fingerprint density at radius 2 is 1.22 bits per heavy atom. The molecule has 0 bridgehead atoms. The Hall–Kier alpha value is -1.73. The Kier molecular flexibility index (Phi) is 8.80. The standard InChI is InChI=1S/C21H26O5S/c1-2-4-18(5-3-1)17-27-19-6-7-20-21(16-19)26-15-13-24-11-9-22-8-10-23-12-14-25-20/h1-7,16H,8-15,17H2. The van der Waals surface area contributed by atoms with Crippen molar-refractivity contribution in [3.63, 3.8) is 0 Å². The molecule has 0 aromatic heterocycles. The molecule has 27 heavy (non-hydrogen) atoms. The number of rotatable bonds is 3. The van der Waals surface area contributed by atoms with Crippen LogP contribution in [0.1, 0.15) is 5.56 Å². The molecule has 1 heterocycles. The summed E-state index contributed by atoms with van der Waals surface area (Å²) in [5.41, 5.74) is 1.29. The summed E-state index contributed by atoms with van der Waals surface area (Å²) in [5, 5.41) is 0. The predicted molar refractivity (Wildman–Crippen MR) is 106 cm³/mol. The van der Waals surface area contributed by atoms with Crippen molar-refractivity contribution in [3.8, 4) is 11.5 Å². The first-order valence-electron chi connectivity index (χ1n) is 9.21. The average Bonchev–Trinajstić information content (AvgIpc) is 2.72. The average molecular weight is 391 g/mol. The van der Waals surface area contributed by atoms with Crippen molar-refractivity contribution in [1.82, 2.24) is 0 Å². The highest BCUT2D eigenvalue weighted by Crippen LogP contribution is 2.33. The molecule has 1 aliphatic heterocycles. The first-order valence-corrected chi connectivity index (χ1v) is 10.2. The first-order chi connectivity index (χ1) is 13.4. The zero-order valence-electron chi connectivity index (χ0n) is 15.4. The van der Waals surface area contributed by atoms with E-state index in [1.807, 2.05) is 18.2 Å². The molecule has 0 amide bonds. The Balaban J connectivity index is 1.61. The van der Waals surface area contributed by atoms with Gasteiger partial charge in [-0.1, -0.05) is 30.3 Å². The van der Waals surface area contributed by atoms with Gasteiger partial charge >= 0.3 is 0 Å². The molecule has 6 heteroatoms. The molecule has 2 aromatic rings. The van der Waals surface area contributed by atoms with Crippen LogP contribution in [0.4, 0.5) is 0 Å². The monoisotopic (exact) mass is 390 g/mol. The van der Waals surface area contributed by atoms with Crippen LogP contribution < -0.4 is 9.47 Å². The summed E-state index contributed by atoms with van der Waals surface area (Å²) in [4.78, 5) is 1.14. The molecular formula is C21H26O5S. The highest BCUT2D eigenvalue weighted by molar-refractivity contribution is 7.98. The molecule has 0 spiro atoms. The molecule has 146 valence electrons. The number of benzene rings is 2. The van der Waals surface area contributed by atoms with Crippen molar-refractivity contribution in [2.24, 2.45) is 0 Å². The molecule has 5 nitrogen and oxygen atoms in total. The molecule has 0 saturated heterocycles. The van der Waals surface area contributed by atoms with Gasteiger partial charge in [0.05, 0.1) is 39.6 Å². The molecule has 0 saturated carbocycles. The van der Waals surface area contributed by atoms with E-state index in [1.165, 1.54) is 5.56 Å². The minimum Gasteiger partial charge on any atom is -0.487 e. The Bertz CT molecular complexity index is 665. The fraction of sp³-hybridized carbons (Fsp3) is 0.429. The van der Waals surface area contributed by atoms with Gasteiger partial charge in [-0.3, -0.25) is 0 Å².